The lowest BCUT2D eigenvalue weighted by atomic mass is 10.1. The van der Waals surface area contributed by atoms with E-state index in [4.69, 9.17) is 0 Å². The first-order valence-electron chi connectivity index (χ1n) is 3.67. The Morgan fingerprint density at radius 2 is 2.33 bits per heavy atom. The van der Waals surface area contributed by atoms with E-state index in [2.05, 4.69) is 11.7 Å². The zero-order chi connectivity index (χ0) is 8.97. The number of benzene rings is 1. The molecule has 0 amide bonds. The Morgan fingerprint density at radius 3 is 2.83 bits per heavy atom. The third-order valence-corrected chi connectivity index (χ3v) is 1.56. The van der Waals surface area contributed by atoms with E-state index in [9.17, 15) is 4.39 Å². The van der Waals surface area contributed by atoms with E-state index in [-0.39, 0.29) is 5.82 Å². The highest BCUT2D eigenvalue weighted by atomic mass is 19.1. The van der Waals surface area contributed by atoms with Crippen molar-refractivity contribution in [2.45, 2.75) is 6.92 Å². The van der Waals surface area contributed by atoms with Crippen molar-refractivity contribution in [3.63, 3.8) is 0 Å². The summed E-state index contributed by atoms with van der Waals surface area (Å²) in [7, 11) is 0. The summed E-state index contributed by atoms with van der Waals surface area (Å²) >= 11 is 0. The fourth-order valence-electron chi connectivity index (χ4n) is 0.997. The fraction of sp³-hybridized carbons (Fsp3) is 0.100. The fourth-order valence-corrected chi connectivity index (χ4v) is 0.997. The lowest BCUT2D eigenvalue weighted by molar-refractivity contribution is 0.627. The van der Waals surface area contributed by atoms with Crippen molar-refractivity contribution >= 4 is 12.4 Å². The van der Waals surface area contributed by atoms with Crippen LogP contribution in [-0.4, -0.2) is 6.72 Å². The summed E-state index contributed by atoms with van der Waals surface area (Å²) in [6, 6.07) is 6.29. The molecule has 0 N–H and O–H groups in total. The van der Waals surface area contributed by atoms with Gasteiger partial charge < -0.3 is 0 Å². The highest BCUT2D eigenvalue weighted by Crippen LogP contribution is 2.15. The molecule has 0 saturated heterocycles. The van der Waals surface area contributed by atoms with Gasteiger partial charge >= 0.3 is 0 Å². The number of allylic oxidation sites excluding steroid dienone is 1. The minimum Gasteiger partial charge on any atom is -0.264 e. The first-order chi connectivity index (χ1) is 5.77. The molecular formula is C10H10FN. The largest absolute Gasteiger partial charge is 0.264 e. The molecule has 0 spiro atoms. The van der Waals surface area contributed by atoms with Gasteiger partial charge in [0.05, 0.1) is 5.70 Å². The maximum Gasteiger partial charge on any atom is 0.123 e. The summed E-state index contributed by atoms with van der Waals surface area (Å²) in [6.45, 7) is 5.24. The van der Waals surface area contributed by atoms with Gasteiger partial charge in [0.15, 0.2) is 0 Å². The third kappa shape index (κ3) is 1.78. The monoisotopic (exact) mass is 163 g/mol. The second-order valence-electron chi connectivity index (χ2n) is 2.34. The van der Waals surface area contributed by atoms with Gasteiger partial charge in [-0.25, -0.2) is 4.39 Å². The molecule has 0 bridgehead atoms. The molecule has 2 heteroatoms. The Kier molecular flexibility index (Phi) is 2.75. The summed E-state index contributed by atoms with van der Waals surface area (Å²) in [6.07, 6.45) is 1.79. The minimum atomic E-state index is -0.254. The van der Waals surface area contributed by atoms with Crippen LogP contribution >= 0.6 is 0 Å². The predicted molar refractivity (Wildman–Crippen MR) is 49.6 cm³/mol. The van der Waals surface area contributed by atoms with Crippen molar-refractivity contribution in [2.75, 3.05) is 0 Å². The van der Waals surface area contributed by atoms with Crippen molar-refractivity contribution in [1.82, 2.24) is 0 Å². The topological polar surface area (TPSA) is 12.4 Å². The van der Waals surface area contributed by atoms with Crippen molar-refractivity contribution < 1.29 is 4.39 Å². The number of halogens is 1. The van der Waals surface area contributed by atoms with Crippen LogP contribution < -0.4 is 0 Å². The number of rotatable bonds is 2. The second-order valence-corrected chi connectivity index (χ2v) is 2.34. The molecule has 0 radical (unpaired) electrons. The lowest BCUT2D eigenvalue weighted by Crippen LogP contribution is -1.81. The summed E-state index contributed by atoms with van der Waals surface area (Å²) in [5.41, 5.74) is 1.46. The molecular weight excluding hydrogens is 153 g/mol. The van der Waals surface area contributed by atoms with Crippen LogP contribution in [0.1, 0.15) is 12.5 Å². The molecule has 1 rings (SSSR count). The predicted octanol–water partition coefficient (Wildman–Crippen LogP) is 2.89. The van der Waals surface area contributed by atoms with Crippen LogP contribution in [0.3, 0.4) is 0 Å². The maximum absolute atomic E-state index is 12.7. The van der Waals surface area contributed by atoms with Gasteiger partial charge in [-0.05, 0) is 25.8 Å². The Morgan fingerprint density at radius 1 is 1.58 bits per heavy atom. The molecule has 0 fully saturated rings. The molecule has 0 aromatic heterocycles. The van der Waals surface area contributed by atoms with E-state index in [0.29, 0.717) is 5.70 Å². The smallest absolute Gasteiger partial charge is 0.123 e. The van der Waals surface area contributed by atoms with Crippen molar-refractivity contribution in [1.29, 1.82) is 0 Å². The SMILES string of the molecule is C=N/C(=C\C)c1cccc(F)c1. The highest BCUT2D eigenvalue weighted by Gasteiger charge is 1.97. The summed E-state index contributed by atoms with van der Waals surface area (Å²) < 4.78 is 12.7. The van der Waals surface area contributed by atoms with E-state index >= 15 is 0 Å². The van der Waals surface area contributed by atoms with Gasteiger partial charge in [-0.15, -0.1) is 0 Å². The standard InChI is InChI=1S/C10H10FN/c1-3-10(12-2)8-5-4-6-9(11)7-8/h3-7H,2H2,1H3/b10-3-. The molecule has 0 heterocycles. The van der Waals surface area contributed by atoms with Gasteiger partial charge in [0.25, 0.3) is 0 Å². The van der Waals surface area contributed by atoms with E-state index < -0.39 is 0 Å². The molecule has 0 aliphatic carbocycles. The Balaban J connectivity index is 3.10. The molecule has 0 saturated carbocycles. The zero-order valence-electron chi connectivity index (χ0n) is 6.92. The maximum atomic E-state index is 12.7. The minimum absolute atomic E-state index is 0.254. The first kappa shape index (κ1) is 8.65. The Bertz CT molecular complexity index is 315. The first-order valence-corrected chi connectivity index (χ1v) is 3.67. The average molecular weight is 163 g/mol. The molecule has 0 aliphatic heterocycles. The van der Waals surface area contributed by atoms with Crippen LogP contribution in [-0.2, 0) is 0 Å². The number of hydrogen-bond acceptors (Lipinski definition) is 1. The van der Waals surface area contributed by atoms with E-state index in [1.807, 2.05) is 6.92 Å². The summed E-state index contributed by atoms with van der Waals surface area (Å²) in [5.74, 6) is -0.254. The zero-order valence-corrected chi connectivity index (χ0v) is 6.92. The second kappa shape index (κ2) is 3.81. The molecule has 62 valence electrons. The van der Waals surface area contributed by atoms with Crippen LogP contribution in [0.5, 0.6) is 0 Å². The summed E-state index contributed by atoms with van der Waals surface area (Å²) in [4.78, 5) is 3.76. The van der Waals surface area contributed by atoms with Crippen molar-refractivity contribution in [2.24, 2.45) is 4.99 Å². The Hall–Kier alpha value is -1.44. The molecule has 0 aliphatic rings. The van der Waals surface area contributed by atoms with Gasteiger partial charge in [-0.3, -0.25) is 4.99 Å². The summed E-state index contributed by atoms with van der Waals surface area (Å²) in [5, 5.41) is 0. The van der Waals surface area contributed by atoms with Crippen molar-refractivity contribution in [3.05, 3.63) is 41.7 Å². The van der Waals surface area contributed by atoms with Crippen LogP contribution in [0.15, 0.2) is 35.3 Å². The van der Waals surface area contributed by atoms with Crippen LogP contribution in [0, 0.1) is 5.82 Å². The molecule has 0 atom stereocenters. The molecule has 1 aromatic rings. The van der Waals surface area contributed by atoms with E-state index in [1.165, 1.54) is 12.1 Å². The normalized spacial score (nSPS) is 11.3. The van der Waals surface area contributed by atoms with Gasteiger partial charge in [-0.2, -0.15) is 0 Å². The quantitative estimate of drug-likeness (QED) is 0.594. The van der Waals surface area contributed by atoms with Gasteiger partial charge in [0, 0.05) is 5.56 Å². The Labute approximate surface area is 71.3 Å². The average Bonchev–Trinajstić information content (AvgIpc) is 2.07. The van der Waals surface area contributed by atoms with Gasteiger partial charge in [0.1, 0.15) is 5.82 Å². The number of aliphatic imine (C=N–C) groups is 1. The lowest BCUT2D eigenvalue weighted by Gasteiger charge is -1.99. The van der Waals surface area contributed by atoms with Crippen LogP contribution in [0.2, 0.25) is 0 Å². The molecule has 0 unspecified atom stereocenters. The third-order valence-electron chi connectivity index (χ3n) is 1.56. The van der Waals surface area contributed by atoms with Crippen LogP contribution in [0.25, 0.3) is 5.70 Å². The number of nitrogens with zero attached hydrogens (tertiary/aromatic N) is 1. The van der Waals surface area contributed by atoms with E-state index in [1.54, 1.807) is 18.2 Å². The molecule has 12 heavy (non-hydrogen) atoms. The molecule has 1 nitrogen and oxygen atoms in total. The van der Waals surface area contributed by atoms with Crippen LogP contribution in [0.4, 0.5) is 4.39 Å². The molecule has 1 aromatic carbocycles. The van der Waals surface area contributed by atoms with Crippen molar-refractivity contribution in [3.8, 4) is 0 Å². The number of hydrogen-bond donors (Lipinski definition) is 0. The van der Waals surface area contributed by atoms with E-state index in [0.717, 1.165) is 5.56 Å². The van der Waals surface area contributed by atoms with Gasteiger partial charge in [-0.1, -0.05) is 18.2 Å². The van der Waals surface area contributed by atoms with Gasteiger partial charge in [0.2, 0.25) is 0 Å². The highest BCUT2D eigenvalue weighted by molar-refractivity contribution is 5.67.